The maximum absolute atomic E-state index is 13.0. The molecule has 0 spiro atoms. The van der Waals surface area contributed by atoms with E-state index in [9.17, 15) is 18.0 Å². The van der Waals surface area contributed by atoms with Gasteiger partial charge in [0.2, 0.25) is 15.9 Å². The van der Waals surface area contributed by atoms with Gasteiger partial charge in [-0.2, -0.15) is 0 Å². The second-order valence-electron chi connectivity index (χ2n) is 7.58. The Kier molecular flexibility index (Phi) is 8.34. The monoisotopic (exact) mass is 496 g/mol. The Morgan fingerprint density at radius 3 is 2.41 bits per heavy atom. The van der Waals surface area contributed by atoms with Gasteiger partial charge in [0.25, 0.3) is 5.91 Å². The van der Waals surface area contributed by atoms with E-state index in [1.54, 1.807) is 42.1 Å². The molecule has 1 fully saturated rings. The van der Waals surface area contributed by atoms with Gasteiger partial charge in [-0.3, -0.25) is 9.59 Å². The molecule has 1 aliphatic rings. The van der Waals surface area contributed by atoms with Crippen LogP contribution >= 0.6 is 23.1 Å². The van der Waals surface area contributed by atoms with Crippen LogP contribution in [0.4, 0.5) is 0 Å². The van der Waals surface area contributed by atoms with Crippen LogP contribution in [0.2, 0.25) is 0 Å². The summed E-state index contributed by atoms with van der Waals surface area (Å²) < 4.78 is 28.3. The maximum atomic E-state index is 13.0. The molecular weight excluding hydrogens is 468 g/mol. The number of benzene rings is 1. The molecule has 0 radical (unpaired) electrons. The minimum absolute atomic E-state index is 0.0479. The Morgan fingerprint density at radius 2 is 1.78 bits per heavy atom. The first kappa shape index (κ1) is 24.7. The number of carbonyl (C=O) groups is 2. The fourth-order valence-corrected chi connectivity index (χ4v) is 5.90. The smallest absolute Gasteiger partial charge is 0.262 e. The first-order valence-electron chi connectivity index (χ1n) is 10.3. The molecule has 1 aliphatic heterocycles. The SMILES string of the molecule is CSc1ccc(C(=O)NC2(C(=O)NCCNS(=O)(=O)c3ccc(C)cc3)CCNCC2)s1. The third kappa shape index (κ3) is 6.10. The molecule has 0 bridgehead atoms. The van der Waals surface area contributed by atoms with Crippen molar-refractivity contribution in [3.05, 3.63) is 46.8 Å². The fraction of sp³-hybridized carbons (Fsp3) is 0.429. The summed E-state index contributed by atoms with van der Waals surface area (Å²) in [6, 6.07) is 10.2. The quantitative estimate of drug-likeness (QED) is 0.310. The lowest BCUT2D eigenvalue weighted by molar-refractivity contribution is -0.128. The Morgan fingerprint density at radius 1 is 1.09 bits per heavy atom. The highest BCUT2D eigenvalue weighted by atomic mass is 32.2. The number of carbonyl (C=O) groups excluding carboxylic acids is 2. The lowest BCUT2D eigenvalue weighted by Gasteiger charge is -2.36. The second kappa shape index (κ2) is 10.8. The predicted octanol–water partition coefficient (Wildman–Crippen LogP) is 1.73. The molecule has 8 nitrogen and oxygen atoms in total. The molecule has 32 heavy (non-hydrogen) atoms. The molecule has 0 unspecified atom stereocenters. The molecule has 3 rings (SSSR count). The zero-order valence-corrected chi connectivity index (χ0v) is 20.5. The molecule has 2 aromatic rings. The van der Waals surface area contributed by atoms with Crippen molar-refractivity contribution in [3.8, 4) is 0 Å². The summed E-state index contributed by atoms with van der Waals surface area (Å²) in [4.78, 5) is 26.6. The number of sulfonamides is 1. The highest BCUT2D eigenvalue weighted by molar-refractivity contribution is 8.00. The van der Waals surface area contributed by atoms with E-state index < -0.39 is 15.6 Å². The summed E-state index contributed by atoms with van der Waals surface area (Å²) in [7, 11) is -3.65. The highest BCUT2D eigenvalue weighted by Crippen LogP contribution is 2.26. The number of nitrogens with one attached hydrogen (secondary N) is 4. The summed E-state index contributed by atoms with van der Waals surface area (Å²) >= 11 is 2.96. The van der Waals surface area contributed by atoms with Crippen molar-refractivity contribution >= 4 is 44.9 Å². The fourth-order valence-electron chi connectivity index (χ4n) is 3.42. The standard InChI is InChI=1S/C21H28N4O4S3/c1-15-3-5-16(6-4-15)32(28,29)24-14-13-23-20(27)21(9-11-22-12-10-21)25-19(26)17-7-8-18(30-2)31-17/h3-8,22,24H,9-14H2,1-2H3,(H,23,27)(H,25,26). The van der Waals surface area contributed by atoms with Crippen LogP contribution in [0.5, 0.6) is 0 Å². The third-order valence-electron chi connectivity index (χ3n) is 5.28. The number of thiophene rings is 1. The van der Waals surface area contributed by atoms with Gasteiger partial charge >= 0.3 is 0 Å². The second-order valence-corrected chi connectivity index (χ2v) is 11.5. The van der Waals surface area contributed by atoms with Crippen LogP contribution in [-0.2, 0) is 14.8 Å². The van der Waals surface area contributed by atoms with E-state index >= 15 is 0 Å². The Balaban J connectivity index is 1.58. The molecule has 1 aromatic carbocycles. The first-order valence-corrected chi connectivity index (χ1v) is 13.8. The zero-order valence-electron chi connectivity index (χ0n) is 18.1. The van der Waals surface area contributed by atoms with Crippen LogP contribution in [0.15, 0.2) is 45.5 Å². The molecule has 0 atom stereocenters. The van der Waals surface area contributed by atoms with Gasteiger partial charge in [-0.1, -0.05) is 17.7 Å². The molecule has 11 heteroatoms. The topological polar surface area (TPSA) is 116 Å². The van der Waals surface area contributed by atoms with Crippen molar-refractivity contribution in [2.45, 2.75) is 34.4 Å². The Bertz CT molecular complexity index is 1050. The summed E-state index contributed by atoms with van der Waals surface area (Å²) in [6.45, 7) is 3.26. The van der Waals surface area contributed by atoms with Crippen LogP contribution in [-0.4, -0.2) is 58.2 Å². The van der Waals surface area contributed by atoms with Gasteiger partial charge in [-0.05, 0) is 63.4 Å². The van der Waals surface area contributed by atoms with E-state index in [4.69, 9.17) is 0 Å². The van der Waals surface area contributed by atoms with Crippen molar-refractivity contribution in [2.24, 2.45) is 0 Å². The molecule has 1 saturated heterocycles. The molecule has 2 amide bonds. The van der Waals surface area contributed by atoms with Crippen molar-refractivity contribution in [2.75, 3.05) is 32.4 Å². The number of amides is 2. The van der Waals surface area contributed by atoms with E-state index in [1.165, 1.54) is 11.3 Å². The number of hydrogen-bond donors (Lipinski definition) is 4. The first-order chi connectivity index (χ1) is 15.3. The van der Waals surface area contributed by atoms with E-state index in [2.05, 4.69) is 20.7 Å². The van der Waals surface area contributed by atoms with Crippen LogP contribution in [0.1, 0.15) is 28.1 Å². The largest absolute Gasteiger partial charge is 0.353 e. The summed E-state index contributed by atoms with van der Waals surface area (Å²) in [5, 5.41) is 8.94. The van der Waals surface area contributed by atoms with Gasteiger partial charge in [-0.25, -0.2) is 13.1 Å². The Hall–Kier alpha value is -1.92. The number of rotatable bonds is 9. The van der Waals surface area contributed by atoms with Crippen molar-refractivity contribution in [1.29, 1.82) is 0 Å². The van der Waals surface area contributed by atoms with Gasteiger partial charge in [0, 0.05) is 13.1 Å². The highest BCUT2D eigenvalue weighted by Gasteiger charge is 2.41. The molecule has 174 valence electrons. The van der Waals surface area contributed by atoms with Crippen LogP contribution in [0, 0.1) is 6.92 Å². The molecule has 0 saturated carbocycles. The predicted molar refractivity (Wildman–Crippen MR) is 128 cm³/mol. The van der Waals surface area contributed by atoms with E-state index in [-0.39, 0.29) is 29.8 Å². The number of aryl methyl sites for hydroxylation is 1. The number of piperidine rings is 1. The Labute approximate surface area is 197 Å². The summed E-state index contributed by atoms with van der Waals surface area (Å²) in [5.74, 6) is -0.573. The maximum Gasteiger partial charge on any atom is 0.262 e. The summed E-state index contributed by atoms with van der Waals surface area (Å²) in [5.41, 5.74) is -0.0560. The number of hydrogen-bond acceptors (Lipinski definition) is 7. The zero-order chi connectivity index (χ0) is 23.2. The minimum Gasteiger partial charge on any atom is -0.353 e. The van der Waals surface area contributed by atoms with Gasteiger partial charge in [0.15, 0.2) is 0 Å². The third-order valence-corrected chi connectivity index (χ3v) is 8.93. The van der Waals surface area contributed by atoms with Gasteiger partial charge in [0.05, 0.1) is 14.0 Å². The van der Waals surface area contributed by atoms with Gasteiger partial charge in [0.1, 0.15) is 5.54 Å². The van der Waals surface area contributed by atoms with E-state index in [0.29, 0.717) is 30.8 Å². The normalized spacial score (nSPS) is 15.8. The van der Waals surface area contributed by atoms with Crippen molar-refractivity contribution in [1.82, 2.24) is 20.7 Å². The van der Waals surface area contributed by atoms with Crippen LogP contribution in [0.25, 0.3) is 0 Å². The average molecular weight is 497 g/mol. The minimum atomic E-state index is -3.65. The molecule has 1 aromatic heterocycles. The van der Waals surface area contributed by atoms with E-state index in [1.807, 2.05) is 19.2 Å². The van der Waals surface area contributed by atoms with Gasteiger partial charge in [-0.15, -0.1) is 23.1 Å². The molecule has 4 N–H and O–H groups in total. The van der Waals surface area contributed by atoms with Gasteiger partial charge < -0.3 is 16.0 Å². The molecule has 0 aliphatic carbocycles. The number of thioether (sulfide) groups is 1. The average Bonchev–Trinajstić information content (AvgIpc) is 3.27. The van der Waals surface area contributed by atoms with Crippen molar-refractivity contribution < 1.29 is 18.0 Å². The van der Waals surface area contributed by atoms with E-state index in [0.717, 1.165) is 9.77 Å². The van der Waals surface area contributed by atoms with Crippen molar-refractivity contribution in [3.63, 3.8) is 0 Å². The lowest BCUT2D eigenvalue weighted by atomic mass is 9.87. The molecular formula is C21H28N4O4S3. The van der Waals surface area contributed by atoms with Crippen LogP contribution < -0.4 is 20.7 Å². The molecule has 2 heterocycles. The summed E-state index contributed by atoms with van der Waals surface area (Å²) in [6.07, 6.45) is 2.86. The lowest BCUT2D eigenvalue weighted by Crippen LogP contribution is -2.63. The van der Waals surface area contributed by atoms with Crippen LogP contribution in [0.3, 0.4) is 0 Å².